The molecule has 0 unspecified atom stereocenters. The first kappa shape index (κ1) is 9.85. The number of aromatic nitrogens is 4. The lowest BCUT2D eigenvalue weighted by atomic mass is 10.5. The minimum Gasteiger partial charge on any atom is -0.236 e. The molecule has 6 heteroatoms. The molecule has 0 N–H and O–H groups in total. The van der Waals surface area contributed by atoms with Crippen LogP contribution < -0.4 is 0 Å². The normalized spacial score (nSPS) is 10.4. The first-order valence-electron chi connectivity index (χ1n) is 3.88. The van der Waals surface area contributed by atoms with Crippen molar-refractivity contribution in [3.05, 3.63) is 35.5 Å². The highest BCUT2D eigenvalue weighted by Crippen LogP contribution is 2.15. The van der Waals surface area contributed by atoms with Gasteiger partial charge in [0, 0.05) is 6.20 Å². The van der Waals surface area contributed by atoms with Crippen LogP contribution in [0.3, 0.4) is 0 Å². The molecule has 0 radical (unpaired) electrons. The number of pyridine rings is 1. The van der Waals surface area contributed by atoms with E-state index in [9.17, 15) is 0 Å². The summed E-state index contributed by atoms with van der Waals surface area (Å²) in [6.07, 6.45) is 3.29. The summed E-state index contributed by atoms with van der Waals surface area (Å²) in [6.45, 7) is 0. The lowest BCUT2D eigenvalue weighted by Crippen LogP contribution is -1.99. The second-order valence-electron chi connectivity index (χ2n) is 2.55. The van der Waals surface area contributed by atoms with Gasteiger partial charge in [0.25, 0.3) is 0 Å². The van der Waals surface area contributed by atoms with Crippen molar-refractivity contribution in [2.24, 2.45) is 0 Å². The van der Waals surface area contributed by atoms with Crippen molar-refractivity contribution < 1.29 is 0 Å². The fraction of sp³-hybridized carbons (Fsp3) is 0.125. The van der Waals surface area contributed by atoms with Crippen molar-refractivity contribution in [3.63, 3.8) is 0 Å². The quantitative estimate of drug-likeness (QED) is 0.630. The molecule has 0 aromatic carbocycles. The zero-order valence-corrected chi connectivity index (χ0v) is 9.97. The second kappa shape index (κ2) is 4.22. The van der Waals surface area contributed by atoms with Gasteiger partial charge in [0.2, 0.25) is 0 Å². The summed E-state index contributed by atoms with van der Waals surface area (Å²) in [7, 11) is 0. The van der Waals surface area contributed by atoms with Gasteiger partial charge >= 0.3 is 0 Å². The highest BCUT2D eigenvalue weighted by Gasteiger charge is 2.05. The maximum absolute atomic E-state index is 5.96. The van der Waals surface area contributed by atoms with Crippen LogP contribution >= 0.6 is 34.2 Å². The Morgan fingerprint density at radius 1 is 1.43 bits per heavy atom. The topological polar surface area (TPSA) is 43.6 Å². The van der Waals surface area contributed by atoms with Crippen LogP contribution in [0.4, 0.5) is 0 Å². The van der Waals surface area contributed by atoms with E-state index >= 15 is 0 Å². The molecule has 2 heterocycles. The zero-order chi connectivity index (χ0) is 9.97. The van der Waals surface area contributed by atoms with E-state index in [0.717, 1.165) is 10.3 Å². The number of alkyl halides is 1. The minimum atomic E-state index is 0.567. The van der Waals surface area contributed by atoms with E-state index in [4.69, 9.17) is 11.6 Å². The largest absolute Gasteiger partial charge is 0.236 e. The molecule has 2 rings (SSSR count). The van der Waals surface area contributed by atoms with Gasteiger partial charge in [-0.1, -0.05) is 34.2 Å². The van der Waals surface area contributed by atoms with Crippen LogP contribution in [0.1, 0.15) is 5.82 Å². The van der Waals surface area contributed by atoms with Gasteiger partial charge in [-0.05, 0) is 12.1 Å². The van der Waals surface area contributed by atoms with Crippen molar-refractivity contribution in [1.29, 1.82) is 0 Å². The molecule has 2 aromatic heterocycles. The summed E-state index contributed by atoms with van der Waals surface area (Å²) >= 11 is 8.16. The summed E-state index contributed by atoms with van der Waals surface area (Å²) in [5.41, 5.74) is 0. The molecule has 72 valence electrons. The van der Waals surface area contributed by atoms with Crippen LogP contribution in [-0.2, 0) is 4.43 Å². The summed E-state index contributed by atoms with van der Waals surface area (Å²) in [5.74, 6) is 1.38. The van der Waals surface area contributed by atoms with E-state index in [2.05, 4.69) is 37.7 Å². The van der Waals surface area contributed by atoms with Gasteiger partial charge in [-0.3, -0.25) is 0 Å². The van der Waals surface area contributed by atoms with Crippen LogP contribution in [0.5, 0.6) is 0 Å². The maximum atomic E-state index is 5.96. The Hall–Kier alpha value is -0.690. The Balaban J connectivity index is 2.44. The molecular formula is C8H6ClIN4. The van der Waals surface area contributed by atoms with Crippen LogP contribution in [-0.4, -0.2) is 19.7 Å². The highest BCUT2D eigenvalue weighted by molar-refractivity contribution is 14.1. The van der Waals surface area contributed by atoms with Crippen molar-refractivity contribution in [2.45, 2.75) is 4.43 Å². The molecule has 14 heavy (non-hydrogen) atoms. The Labute approximate surface area is 99.5 Å². The molecule has 0 spiro atoms. The van der Waals surface area contributed by atoms with E-state index in [1.807, 2.05) is 0 Å². The van der Waals surface area contributed by atoms with Gasteiger partial charge in [0.15, 0.2) is 11.6 Å². The van der Waals surface area contributed by atoms with Gasteiger partial charge in [-0.2, -0.15) is 0 Å². The Morgan fingerprint density at radius 2 is 2.29 bits per heavy atom. The third-order valence-electron chi connectivity index (χ3n) is 1.61. The summed E-state index contributed by atoms with van der Waals surface area (Å²) in [4.78, 5) is 8.22. The molecule has 0 aliphatic heterocycles. The third-order valence-corrected chi connectivity index (χ3v) is 2.59. The average Bonchev–Trinajstić information content (AvgIpc) is 2.67. The van der Waals surface area contributed by atoms with Crippen molar-refractivity contribution in [2.75, 3.05) is 0 Å². The van der Waals surface area contributed by atoms with Gasteiger partial charge in [0.05, 0.1) is 9.45 Å². The summed E-state index contributed by atoms with van der Waals surface area (Å²) in [5, 5.41) is 4.78. The van der Waals surface area contributed by atoms with E-state index in [1.54, 1.807) is 29.3 Å². The Bertz CT molecular complexity index is 442. The van der Waals surface area contributed by atoms with E-state index in [-0.39, 0.29) is 0 Å². The van der Waals surface area contributed by atoms with Crippen LogP contribution in [0, 0.1) is 0 Å². The van der Waals surface area contributed by atoms with Gasteiger partial charge < -0.3 is 0 Å². The Morgan fingerprint density at radius 3 is 2.93 bits per heavy atom. The molecule has 0 saturated heterocycles. The monoisotopic (exact) mass is 320 g/mol. The zero-order valence-electron chi connectivity index (χ0n) is 7.06. The van der Waals surface area contributed by atoms with Crippen molar-refractivity contribution in [1.82, 2.24) is 19.7 Å². The summed E-state index contributed by atoms with van der Waals surface area (Å²) in [6, 6.07) is 3.55. The third kappa shape index (κ3) is 1.88. The molecule has 0 aliphatic rings. The fourth-order valence-electron chi connectivity index (χ4n) is 1.01. The number of hydrogen-bond acceptors (Lipinski definition) is 3. The molecule has 0 saturated carbocycles. The molecule has 2 aromatic rings. The van der Waals surface area contributed by atoms with Gasteiger partial charge in [0.1, 0.15) is 6.33 Å². The van der Waals surface area contributed by atoms with E-state index in [1.165, 1.54) is 0 Å². The second-order valence-corrected chi connectivity index (χ2v) is 3.72. The first-order valence-corrected chi connectivity index (χ1v) is 5.79. The molecule has 0 amide bonds. The molecule has 0 fully saturated rings. The van der Waals surface area contributed by atoms with Gasteiger partial charge in [-0.25, -0.2) is 14.6 Å². The predicted molar refractivity (Wildman–Crippen MR) is 61.9 cm³/mol. The molecule has 0 atom stereocenters. The first-order chi connectivity index (χ1) is 6.81. The van der Waals surface area contributed by atoms with E-state index < -0.39 is 0 Å². The predicted octanol–water partition coefficient (Wildman–Crippen LogP) is 2.25. The standard InChI is InChI=1S/C8H6ClIN4/c9-6-2-1-3-11-8(6)14-5-12-7(4-10)13-14/h1-3,5H,4H2. The Kier molecular flexibility index (Phi) is 2.97. The average molecular weight is 321 g/mol. The fourth-order valence-corrected chi connectivity index (χ4v) is 1.56. The molecule has 4 nitrogen and oxygen atoms in total. The van der Waals surface area contributed by atoms with Crippen LogP contribution in [0.2, 0.25) is 5.02 Å². The SMILES string of the molecule is Clc1cccnc1-n1cnc(CI)n1. The van der Waals surface area contributed by atoms with Crippen LogP contribution in [0.15, 0.2) is 24.7 Å². The lowest BCUT2D eigenvalue weighted by Gasteiger charge is -1.99. The highest BCUT2D eigenvalue weighted by atomic mass is 127. The summed E-state index contributed by atoms with van der Waals surface area (Å²) < 4.78 is 2.35. The van der Waals surface area contributed by atoms with Crippen LogP contribution in [0.25, 0.3) is 5.82 Å². The molecule has 0 bridgehead atoms. The van der Waals surface area contributed by atoms with Crippen molar-refractivity contribution in [3.8, 4) is 5.82 Å². The smallest absolute Gasteiger partial charge is 0.173 e. The van der Waals surface area contributed by atoms with E-state index in [0.29, 0.717) is 10.8 Å². The number of hydrogen-bond donors (Lipinski definition) is 0. The van der Waals surface area contributed by atoms with Gasteiger partial charge in [-0.15, -0.1) is 5.10 Å². The molecule has 0 aliphatic carbocycles. The maximum Gasteiger partial charge on any atom is 0.173 e. The molecular weight excluding hydrogens is 314 g/mol. The number of nitrogens with zero attached hydrogens (tertiary/aromatic N) is 4. The number of halogens is 2. The minimum absolute atomic E-state index is 0.567. The number of rotatable bonds is 2. The van der Waals surface area contributed by atoms with Crippen molar-refractivity contribution >= 4 is 34.2 Å². The lowest BCUT2D eigenvalue weighted by molar-refractivity contribution is 0.832.